The topological polar surface area (TPSA) is 46.3 Å². The van der Waals surface area contributed by atoms with Gasteiger partial charge in [-0.15, -0.1) is 0 Å². The van der Waals surface area contributed by atoms with Gasteiger partial charge in [0.05, 0.1) is 0 Å². The van der Waals surface area contributed by atoms with Crippen molar-refractivity contribution in [3.05, 3.63) is 0 Å². The molecule has 2 unspecified atom stereocenters. The van der Waals surface area contributed by atoms with Crippen molar-refractivity contribution in [2.45, 2.75) is 96.6 Å². The number of carbonyl (C=O) groups is 1. The molecule has 0 radical (unpaired) electrons. The van der Waals surface area contributed by atoms with Crippen LogP contribution in [0.2, 0.25) is 0 Å². The highest BCUT2D eigenvalue weighted by atomic mass is 16.2. The number of carbonyl (C=O) groups excluding carboxylic acids is 1. The molecule has 0 bridgehead atoms. The highest BCUT2D eigenvalue weighted by Crippen LogP contribution is 2.20. The highest BCUT2D eigenvalue weighted by molar-refractivity contribution is 5.76. The van der Waals surface area contributed by atoms with Crippen LogP contribution in [0.25, 0.3) is 0 Å². The second-order valence-electron chi connectivity index (χ2n) is 6.38. The highest BCUT2D eigenvalue weighted by Gasteiger charge is 2.28. The smallest absolute Gasteiger partial charge is 0.222 e. The second kappa shape index (κ2) is 10.2. The van der Waals surface area contributed by atoms with E-state index in [9.17, 15) is 4.79 Å². The minimum absolute atomic E-state index is 0.105. The molecule has 0 spiro atoms. The maximum atomic E-state index is 12.3. The Morgan fingerprint density at radius 3 is 2.45 bits per heavy atom. The van der Waals surface area contributed by atoms with Gasteiger partial charge in [0.1, 0.15) is 0 Å². The van der Waals surface area contributed by atoms with Gasteiger partial charge in [-0.25, -0.2) is 0 Å². The normalized spacial score (nSPS) is 20.9. The van der Waals surface area contributed by atoms with Crippen molar-refractivity contribution in [1.29, 1.82) is 0 Å². The molecule has 1 aliphatic heterocycles. The fraction of sp³-hybridized carbons (Fsp3) is 0.941. The quantitative estimate of drug-likeness (QED) is 0.653. The van der Waals surface area contributed by atoms with Gasteiger partial charge < -0.3 is 10.6 Å². The largest absolute Gasteiger partial charge is 0.338 e. The summed E-state index contributed by atoms with van der Waals surface area (Å²) < 4.78 is 0. The first-order chi connectivity index (χ1) is 9.66. The van der Waals surface area contributed by atoms with Crippen molar-refractivity contribution in [1.82, 2.24) is 4.90 Å². The summed E-state index contributed by atoms with van der Waals surface area (Å²) >= 11 is 0. The van der Waals surface area contributed by atoms with E-state index in [2.05, 4.69) is 11.8 Å². The van der Waals surface area contributed by atoms with Gasteiger partial charge in [-0.2, -0.15) is 0 Å². The van der Waals surface area contributed by atoms with Crippen LogP contribution < -0.4 is 5.73 Å². The predicted octanol–water partition coefficient (Wildman–Crippen LogP) is 3.86. The lowest BCUT2D eigenvalue weighted by atomic mass is 9.96. The third kappa shape index (κ3) is 6.25. The summed E-state index contributed by atoms with van der Waals surface area (Å²) in [5.41, 5.74) is 6.02. The van der Waals surface area contributed by atoms with E-state index in [1.165, 1.54) is 44.9 Å². The van der Waals surface area contributed by atoms with Crippen LogP contribution in [0, 0.1) is 0 Å². The number of nitrogens with zero attached hydrogens (tertiary/aromatic N) is 1. The van der Waals surface area contributed by atoms with Gasteiger partial charge in [0, 0.05) is 25.0 Å². The first-order valence-corrected chi connectivity index (χ1v) is 8.72. The van der Waals surface area contributed by atoms with Gasteiger partial charge in [0.2, 0.25) is 5.91 Å². The molecular formula is C17H34N2O. The van der Waals surface area contributed by atoms with Crippen LogP contribution in [0.4, 0.5) is 0 Å². The van der Waals surface area contributed by atoms with Crippen LogP contribution in [-0.4, -0.2) is 29.4 Å². The number of hydrogen-bond acceptors (Lipinski definition) is 2. The molecule has 20 heavy (non-hydrogen) atoms. The van der Waals surface area contributed by atoms with E-state index in [1.807, 2.05) is 6.92 Å². The Hall–Kier alpha value is -0.570. The average molecular weight is 282 g/mol. The van der Waals surface area contributed by atoms with Crippen LogP contribution in [0.3, 0.4) is 0 Å². The average Bonchev–Trinajstić information content (AvgIpc) is 2.46. The fourth-order valence-corrected chi connectivity index (χ4v) is 3.19. The molecule has 0 saturated carbocycles. The molecule has 3 nitrogen and oxygen atoms in total. The summed E-state index contributed by atoms with van der Waals surface area (Å²) in [6.45, 7) is 5.19. The Morgan fingerprint density at radius 1 is 1.15 bits per heavy atom. The van der Waals surface area contributed by atoms with Gasteiger partial charge >= 0.3 is 0 Å². The third-order valence-electron chi connectivity index (χ3n) is 4.47. The van der Waals surface area contributed by atoms with Gasteiger partial charge in [-0.3, -0.25) is 4.79 Å². The summed E-state index contributed by atoms with van der Waals surface area (Å²) in [4.78, 5) is 14.4. The van der Waals surface area contributed by atoms with E-state index < -0.39 is 0 Å². The molecular weight excluding hydrogens is 248 g/mol. The molecule has 1 amide bonds. The molecule has 3 heteroatoms. The molecule has 1 saturated heterocycles. The zero-order chi connectivity index (χ0) is 14.8. The molecule has 0 aromatic carbocycles. The number of piperidine rings is 1. The van der Waals surface area contributed by atoms with E-state index in [4.69, 9.17) is 5.73 Å². The predicted molar refractivity (Wildman–Crippen MR) is 85.6 cm³/mol. The van der Waals surface area contributed by atoms with Gasteiger partial charge in [0.15, 0.2) is 0 Å². The lowest BCUT2D eigenvalue weighted by Crippen LogP contribution is -2.51. The van der Waals surface area contributed by atoms with Crippen molar-refractivity contribution in [2.24, 2.45) is 5.73 Å². The van der Waals surface area contributed by atoms with Crippen LogP contribution >= 0.6 is 0 Å². The van der Waals surface area contributed by atoms with Crippen LogP contribution in [-0.2, 0) is 4.79 Å². The zero-order valence-corrected chi connectivity index (χ0v) is 13.6. The maximum Gasteiger partial charge on any atom is 0.222 e. The van der Waals surface area contributed by atoms with Crippen LogP contribution in [0.5, 0.6) is 0 Å². The van der Waals surface area contributed by atoms with Gasteiger partial charge in [0.25, 0.3) is 0 Å². The number of unbranched alkanes of at least 4 members (excludes halogenated alkanes) is 6. The molecule has 1 rings (SSSR count). The maximum absolute atomic E-state index is 12.3. The second-order valence-corrected chi connectivity index (χ2v) is 6.38. The van der Waals surface area contributed by atoms with E-state index in [0.717, 1.165) is 32.2 Å². The number of likely N-dealkylation sites (tertiary alicyclic amines) is 1. The lowest BCUT2D eigenvalue weighted by molar-refractivity contribution is -0.135. The van der Waals surface area contributed by atoms with E-state index in [-0.39, 0.29) is 12.1 Å². The molecule has 2 N–H and O–H groups in total. The SMILES string of the molecule is CCCCCCCCCC(=O)N1CCCCC1C(C)N. The Labute approximate surface area is 125 Å². The minimum atomic E-state index is 0.105. The van der Waals surface area contributed by atoms with Gasteiger partial charge in [-0.1, -0.05) is 45.4 Å². The standard InChI is InChI=1S/C17H34N2O/c1-3-4-5-6-7-8-9-13-17(20)19-14-11-10-12-16(19)15(2)18/h15-16H,3-14,18H2,1-2H3. The van der Waals surface area contributed by atoms with Crippen LogP contribution in [0.15, 0.2) is 0 Å². The molecule has 118 valence electrons. The third-order valence-corrected chi connectivity index (χ3v) is 4.47. The Kier molecular flexibility index (Phi) is 8.92. The zero-order valence-electron chi connectivity index (χ0n) is 13.6. The number of amides is 1. The first-order valence-electron chi connectivity index (χ1n) is 8.72. The minimum Gasteiger partial charge on any atom is -0.338 e. The fourth-order valence-electron chi connectivity index (χ4n) is 3.19. The van der Waals surface area contributed by atoms with Crippen molar-refractivity contribution in [2.75, 3.05) is 6.54 Å². The van der Waals surface area contributed by atoms with Crippen LogP contribution in [0.1, 0.15) is 84.5 Å². The first kappa shape index (κ1) is 17.5. The molecule has 1 heterocycles. The Balaban J connectivity index is 2.17. The molecule has 0 aliphatic carbocycles. The summed E-state index contributed by atoms with van der Waals surface area (Å²) in [6.07, 6.45) is 13.0. The van der Waals surface area contributed by atoms with E-state index in [1.54, 1.807) is 0 Å². The molecule has 0 aromatic heterocycles. The summed E-state index contributed by atoms with van der Waals surface area (Å²) in [5, 5.41) is 0. The Morgan fingerprint density at radius 2 is 1.80 bits per heavy atom. The van der Waals surface area contributed by atoms with Gasteiger partial charge in [-0.05, 0) is 32.6 Å². The van der Waals surface area contributed by atoms with Crippen molar-refractivity contribution in [3.8, 4) is 0 Å². The summed E-state index contributed by atoms with van der Waals surface area (Å²) in [5.74, 6) is 0.334. The molecule has 1 aliphatic rings. The van der Waals surface area contributed by atoms with Crippen molar-refractivity contribution in [3.63, 3.8) is 0 Å². The molecule has 2 atom stereocenters. The Bertz CT molecular complexity index is 266. The number of rotatable bonds is 9. The molecule has 1 fully saturated rings. The summed E-state index contributed by atoms with van der Waals surface area (Å²) in [7, 11) is 0. The number of hydrogen-bond donors (Lipinski definition) is 1. The monoisotopic (exact) mass is 282 g/mol. The van der Waals surface area contributed by atoms with Crippen molar-refractivity contribution < 1.29 is 4.79 Å². The number of nitrogens with two attached hydrogens (primary N) is 1. The van der Waals surface area contributed by atoms with Crippen molar-refractivity contribution >= 4 is 5.91 Å². The van der Waals surface area contributed by atoms with E-state index >= 15 is 0 Å². The lowest BCUT2D eigenvalue weighted by Gasteiger charge is -2.38. The van der Waals surface area contributed by atoms with E-state index in [0.29, 0.717) is 5.91 Å². The molecule has 0 aromatic rings. The summed E-state index contributed by atoms with van der Waals surface area (Å²) in [6, 6.07) is 0.383.